The molecule has 3 unspecified atom stereocenters. The van der Waals surface area contributed by atoms with Crippen LogP contribution >= 0.6 is 0 Å². The standard InChI is InChI=1S/C20H29N5O5/c21-17-14-18(25(9-22-14)19-16(28)15(27)13(8-26)30-19)24-20(23-17)29-12-6-5-10-3-1-2-4-11(10)7-12/h9-13,15-16,19,26-28H,1-8H2,(H2,21,23,24)/t10?,11?,12?,13-,15-,16-,19-/m1/s1. The summed E-state index contributed by atoms with van der Waals surface area (Å²) in [5, 5.41) is 29.8. The summed E-state index contributed by atoms with van der Waals surface area (Å²) in [6.45, 7) is -0.406. The number of aliphatic hydroxyl groups excluding tert-OH is 3. The van der Waals surface area contributed by atoms with Crippen LogP contribution in [0.25, 0.3) is 11.2 Å². The van der Waals surface area contributed by atoms with Gasteiger partial charge in [-0.2, -0.15) is 9.97 Å². The number of rotatable bonds is 4. The van der Waals surface area contributed by atoms with Crippen molar-refractivity contribution in [3.8, 4) is 6.01 Å². The molecule has 5 rings (SSSR count). The molecule has 3 heterocycles. The van der Waals surface area contributed by atoms with Crippen molar-refractivity contribution in [3.63, 3.8) is 0 Å². The third-order valence-corrected chi connectivity index (χ3v) is 6.98. The highest BCUT2D eigenvalue weighted by atomic mass is 16.6. The van der Waals surface area contributed by atoms with Crippen LogP contribution in [0.5, 0.6) is 6.01 Å². The fourth-order valence-electron chi connectivity index (χ4n) is 5.35. The van der Waals surface area contributed by atoms with E-state index in [4.69, 9.17) is 15.2 Å². The summed E-state index contributed by atoms with van der Waals surface area (Å²) in [5.41, 5.74) is 6.83. The molecule has 3 fully saturated rings. The Labute approximate surface area is 174 Å². The molecule has 1 saturated heterocycles. The van der Waals surface area contributed by atoms with E-state index >= 15 is 0 Å². The Morgan fingerprint density at radius 1 is 1.10 bits per heavy atom. The zero-order valence-electron chi connectivity index (χ0n) is 16.8. The monoisotopic (exact) mass is 419 g/mol. The average molecular weight is 419 g/mol. The normalized spacial score (nSPS) is 36.7. The van der Waals surface area contributed by atoms with Crippen molar-refractivity contribution in [1.29, 1.82) is 0 Å². The van der Waals surface area contributed by atoms with Gasteiger partial charge in [0.2, 0.25) is 0 Å². The molecule has 1 aliphatic heterocycles. The van der Waals surface area contributed by atoms with E-state index in [1.165, 1.54) is 43.0 Å². The first-order valence-corrected chi connectivity index (χ1v) is 10.8. The molecule has 0 amide bonds. The van der Waals surface area contributed by atoms with E-state index in [0.29, 0.717) is 17.1 Å². The summed E-state index contributed by atoms with van der Waals surface area (Å²) in [7, 11) is 0. The Hall–Kier alpha value is -2.01. The molecule has 2 aliphatic carbocycles. The fraction of sp³-hybridized carbons (Fsp3) is 0.750. The molecular weight excluding hydrogens is 390 g/mol. The van der Waals surface area contributed by atoms with Gasteiger partial charge in [-0.3, -0.25) is 4.57 Å². The maximum Gasteiger partial charge on any atom is 0.320 e. The first-order valence-electron chi connectivity index (χ1n) is 10.8. The van der Waals surface area contributed by atoms with Crippen molar-refractivity contribution in [1.82, 2.24) is 19.5 Å². The van der Waals surface area contributed by atoms with E-state index in [0.717, 1.165) is 18.8 Å². The number of aliphatic hydroxyl groups is 3. The van der Waals surface area contributed by atoms with Crippen molar-refractivity contribution < 1.29 is 24.8 Å². The van der Waals surface area contributed by atoms with Crippen molar-refractivity contribution >= 4 is 17.0 Å². The van der Waals surface area contributed by atoms with Gasteiger partial charge in [-0.1, -0.05) is 25.7 Å². The molecule has 2 aromatic heterocycles. The molecular formula is C20H29N5O5. The molecule has 5 N–H and O–H groups in total. The lowest BCUT2D eigenvalue weighted by Crippen LogP contribution is -2.33. The molecule has 0 spiro atoms. The predicted octanol–water partition coefficient (Wildman–Crippen LogP) is 0.758. The lowest BCUT2D eigenvalue weighted by Gasteiger charge is -2.38. The summed E-state index contributed by atoms with van der Waals surface area (Å²) >= 11 is 0. The minimum Gasteiger partial charge on any atom is -0.460 e. The number of aromatic nitrogens is 4. The second-order valence-corrected chi connectivity index (χ2v) is 8.80. The van der Waals surface area contributed by atoms with Crippen LogP contribution in [0.15, 0.2) is 6.33 Å². The van der Waals surface area contributed by atoms with Gasteiger partial charge in [-0.05, 0) is 31.1 Å². The first-order chi connectivity index (χ1) is 14.5. The number of nitrogens with zero attached hydrogens (tertiary/aromatic N) is 4. The van der Waals surface area contributed by atoms with Gasteiger partial charge in [0.15, 0.2) is 23.2 Å². The third kappa shape index (κ3) is 3.41. The topological polar surface area (TPSA) is 149 Å². The number of anilines is 1. The molecule has 3 aliphatic rings. The van der Waals surface area contributed by atoms with Crippen LogP contribution in [0.1, 0.15) is 51.2 Å². The second-order valence-electron chi connectivity index (χ2n) is 8.80. The van der Waals surface area contributed by atoms with Crippen LogP contribution in [0.3, 0.4) is 0 Å². The highest BCUT2D eigenvalue weighted by molar-refractivity contribution is 5.82. The summed E-state index contributed by atoms with van der Waals surface area (Å²) in [5.74, 6) is 1.72. The third-order valence-electron chi connectivity index (χ3n) is 6.98. The van der Waals surface area contributed by atoms with Crippen LogP contribution in [0.4, 0.5) is 5.82 Å². The minimum absolute atomic E-state index is 0.0616. The van der Waals surface area contributed by atoms with Gasteiger partial charge in [0.05, 0.1) is 12.9 Å². The van der Waals surface area contributed by atoms with Crippen molar-refractivity contribution in [3.05, 3.63) is 6.33 Å². The van der Waals surface area contributed by atoms with Crippen molar-refractivity contribution in [2.75, 3.05) is 12.3 Å². The van der Waals surface area contributed by atoms with Crippen molar-refractivity contribution in [2.24, 2.45) is 11.8 Å². The number of hydrogen-bond acceptors (Lipinski definition) is 9. The molecule has 10 nitrogen and oxygen atoms in total. The Bertz CT molecular complexity index is 907. The minimum atomic E-state index is -1.23. The van der Waals surface area contributed by atoms with Crippen molar-refractivity contribution in [2.45, 2.75) is 75.6 Å². The zero-order valence-corrected chi connectivity index (χ0v) is 16.8. The summed E-state index contributed by atoms with van der Waals surface area (Å²) < 4.78 is 13.2. The molecule has 0 aromatic carbocycles. The number of hydrogen-bond donors (Lipinski definition) is 4. The number of fused-ring (bicyclic) bond motifs is 2. The highest BCUT2D eigenvalue weighted by Gasteiger charge is 2.44. The number of nitrogens with two attached hydrogens (primary N) is 1. The SMILES string of the molecule is Nc1nc(OC2CCC3CCCCC3C2)nc2c1ncn2[C@@H]1O[C@H](CO)[C@@H](O)[C@H]1O. The largest absolute Gasteiger partial charge is 0.460 e. The molecule has 2 saturated carbocycles. The molecule has 164 valence electrons. The Balaban J connectivity index is 1.39. The van der Waals surface area contributed by atoms with Gasteiger partial charge in [0, 0.05) is 0 Å². The molecule has 0 radical (unpaired) electrons. The summed E-state index contributed by atoms with van der Waals surface area (Å²) in [4.78, 5) is 13.0. The smallest absolute Gasteiger partial charge is 0.320 e. The molecule has 10 heteroatoms. The van der Waals surface area contributed by atoms with Crippen LogP contribution in [-0.4, -0.2) is 65.9 Å². The van der Waals surface area contributed by atoms with Gasteiger partial charge in [0.25, 0.3) is 0 Å². The molecule has 7 atom stereocenters. The van der Waals surface area contributed by atoms with Gasteiger partial charge >= 0.3 is 6.01 Å². The van der Waals surface area contributed by atoms with Gasteiger partial charge in [-0.15, -0.1) is 0 Å². The van der Waals surface area contributed by atoms with Gasteiger partial charge < -0.3 is 30.5 Å². The second kappa shape index (κ2) is 7.92. The Morgan fingerprint density at radius 3 is 2.67 bits per heavy atom. The fourth-order valence-corrected chi connectivity index (χ4v) is 5.35. The predicted molar refractivity (Wildman–Crippen MR) is 106 cm³/mol. The van der Waals surface area contributed by atoms with E-state index in [-0.39, 0.29) is 17.9 Å². The van der Waals surface area contributed by atoms with Crippen LogP contribution in [0.2, 0.25) is 0 Å². The average Bonchev–Trinajstić information content (AvgIpc) is 3.29. The number of nitrogen functional groups attached to an aromatic ring is 1. The van der Waals surface area contributed by atoms with Gasteiger partial charge in [0.1, 0.15) is 24.4 Å². The number of imidazole rings is 1. The zero-order chi connectivity index (χ0) is 20.8. The maximum atomic E-state index is 10.4. The summed E-state index contributed by atoms with van der Waals surface area (Å²) in [6, 6.07) is 0.188. The van der Waals surface area contributed by atoms with Crippen LogP contribution < -0.4 is 10.5 Å². The van der Waals surface area contributed by atoms with E-state index in [2.05, 4.69) is 15.0 Å². The first kappa shape index (κ1) is 19.9. The van der Waals surface area contributed by atoms with E-state index in [1.54, 1.807) is 0 Å². The lowest BCUT2D eigenvalue weighted by molar-refractivity contribution is -0.0511. The van der Waals surface area contributed by atoms with E-state index in [1.807, 2.05) is 0 Å². The molecule has 2 aromatic rings. The van der Waals surface area contributed by atoms with Crippen LogP contribution in [-0.2, 0) is 4.74 Å². The quantitative estimate of drug-likeness (QED) is 0.563. The lowest BCUT2D eigenvalue weighted by atomic mass is 9.70. The maximum absolute atomic E-state index is 10.4. The van der Waals surface area contributed by atoms with E-state index in [9.17, 15) is 15.3 Å². The molecule has 0 bridgehead atoms. The highest BCUT2D eigenvalue weighted by Crippen LogP contribution is 2.41. The number of ether oxygens (including phenoxy) is 2. The summed E-state index contributed by atoms with van der Waals surface area (Å²) in [6.07, 6.45) is 5.63. The van der Waals surface area contributed by atoms with Crippen LogP contribution in [0, 0.1) is 11.8 Å². The van der Waals surface area contributed by atoms with E-state index < -0.39 is 31.1 Å². The van der Waals surface area contributed by atoms with Gasteiger partial charge in [-0.25, -0.2) is 4.98 Å². The Morgan fingerprint density at radius 2 is 1.90 bits per heavy atom. The Kier molecular flexibility index (Phi) is 5.26. The molecule has 30 heavy (non-hydrogen) atoms.